The van der Waals surface area contributed by atoms with Gasteiger partial charge in [0.05, 0.1) is 0 Å². The Bertz CT molecular complexity index is 474. The molecule has 0 saturated carbocycles. The van der Waals surface area contributed by atoms with E-state index in [0.29, 0.717) is 12.2 Å². The van der Waals surface area contributed by atoms with Crippen LogP contribution in [0.4, 0.5) is 0 Å². The summed E-state index contributed by atoms with van der Waals surface area (Å²) in [6.45, 7) is 2.26. The molecular weight excluding hydrogens is 246 g/mol. The van der Waals surface area contributed by atoms with Crippen LogP contribution in [0.1, 0.15) is 48.8 Å². The smallest absolute Gasteiger partial charge is 0.137 e. The molecular formula is C18H25NO. The minimum atomic E-state index is 0.418. The number of carbonyl (C=O) groups is 1. The lowest BCUT2D eigenvalue weighted by molar-refractivity contribution is -0.118. The monoisotopic (exact) mass is 271 g/mol. The molecule has 108 valence electrons. The van der Waals surface area contributed by atoms with Crippen molar-refractivity contribution in [2.24, 2.45) is 5.92 Å². The first kappa shape index (κ1) is 13.8. The van der Waals surface area contributed by atoms with Gasteiger partial charge in [0.15, 0.2) is 0 Å². The van der Waals surface area contributed by atoms with E-state index in [1.807, 2.05) is 0 Å². The number of nitrogens with one attached hydrogen (secondary N) is 1. The minimum absolute atomic E-state index is 0.418. The fraction of sp³-hybridized carbons (Fsp3) is 0.611. The zero-order chi connectivity index (χ0) is 13.8. The van der Waals surface area contributed by atoms with Crippen LogP contribution in [0.2, 0.25) is 0 Å². The quantitative estimate of drug-likeness (QED) is 0.891. The maximum Gasteiger partial charge on any atom is 0.137 e. The summed E-state index contributed by atoms with van der Waals surface area (Å²) < 4.78 is 0. The van der Waals surface area contributed by atoms with Crippen LogP contribution in [-0.4, -0.2) is 18.9 Å². The van der Waals surface area contributed by atoms with Gasteiger partial charge in [-0.05, 0) is 74.2 Å². The molecule has 0 amide bonds. The molecule has 1 aromatic carbocycles. The third-order valence-corrected chi connectivity index (χ3v) is 4.85. The van der Waals surface area contributed by atoms with Gasteiger partial charge in [0.1, 0.15) is 5.78 Å². The van der Waals surface area contributed by atoms with Crippen molar-refractivity contribution in [2.45, 2.75) is 51.4 Å². The number of rotatable bonds is 5. The molecule has 1 saturated heterocycles. The third kappa shape index (κ3) is 3.49. The van der Waals surface area contributed by atoms with Gasteiger partial charge >= 0.3 is 0 Å². The molecule has 2 nitrogen and oxygen atoms in total. The molecule has 0 atom stereocenters. The topological polar surface area (TPSA) is 29.1 Å². The van der Waals surface area contributed by atoms with Crippen LogP contribution >= 0.6 is 0 Å². The lowest BCUT2D eigenvalue weighted by atomic mass is 9.91. The highest BCUT2D eigenvalue weighted by Crippen LogP contribution is 2.23. The summed E-state index contributed by atoms with van der Waals surface area (Å²) in [5, 5.41) is 3.38. The number of ketones is 1. The first-order valence-corrected chi connectivity index (χ1v) is 8.14. The second-order valence-corrected chi connectivity index (χ2v) is 6.40. The average Bonchev–Trinajstić information content (AvgIpc) is 2.94. The summed E-state index contributed by atoms with van der Waals surface area (Å²) >= 11 is 0. The lowest BCUT2D eigenvalue weighted by Gasteiger charge is -2.22. The van der Waals surface area contributed by atoms with Gasteiger partial charge in [0.2, 0.25) is 0 Å². The standard InChI is InChI=1S/C18H25NO/c20-18(7-5-14-8-10-19-11-9-14)13-15-4-6-16-2-1-3-17(16)12-15/h4,6,12,14,19H,1-3,5,7-11,13H2. The molecule has 2 heteroatoms. The molecule has 1 N–H and O–H groups in total. The van der Waals surface area contributed by atoms with Crippen LogP contribution in [0.25, 0.3) is 0 Å². The van der Waals surface area contributed by atoms with Crippen molar-refractivity contribution < 1.29 is 4.79 Å². The Kier molecular flexibility index (Phi) is 4.51. The number of aryl methyl sites for hydroxylation is 2. The molecule has 0 spiro atoms. The first-order valence-electron chi connectivity index (χ1n) is 8.14. The van der Waals surface area contributed by atoms with Gasteiger partial charge in [-0.25, -0.2) is 0 Å². The Morgan fingerprint density at radius 3 is 2.80 bits per heavy atom. The number of benzene rings is 1. The normalized spacial score (nSPS) is 19.0. The van der Waals surface area contributed by atoms with E-state index in [2.05, 4.69) is 23.5 Å². The Morgan fingerprint density at radius 1 is 1.15 bits per heavy atom. The molecule has 0 aromatic heterocycles. The van der Waals surface area contributed by atoms with Crippen LogP contribution in [0.5, 0.6) is 0 Å². The van der Waals surface area contributed by atoms with Crippen LogP contribution in [-0.2, 0) is 24.1 Å². The number of Topliss-reactive ketones (excluding diaryl/α,β-unsaturated/α-hetero) is 1. The Balaban J connectivity index is 1.48. The fourth-order valence-electron chi connectivity index (χ4n) is 3.59. The molecule has 1 aromatic rings. The summed E-state index contributed by atoms with van der Waals surface area (Å²) in [5.41, 5.74) is 4.20. The van der Waals surface area contributed by atoms with Crippen LogP contribution in [0.15, 0.2) is 18.2 Å². The highest BCUT2D eigenvalue weighted by Gasteiger charge is 2.15. The third-order valence-electron chi connectivity index (χ3n) is 4.85. The summed E-state index contributed by atoms with van der Waals surface area (Å²) in [7, 11) is 0. The summed E-state index contributed by atoms with van der Waals surface area (Å²) in [6, 6.07) is 6.66. The van der Waals surface area contributed by atoms with E-state index >= 15 is 0 Å². The number of hydrogen-bond donors (Lipinski definition) is 1. The number of piperidine rings is 1. The van der Waals surface area contributed by atoms with Gasteiger partial charge in [-0.2, -0.15) is 0 Å². The lowest BCUT2D eigenvalue weighted by Crippen LogP contribution is -2.28. The zero-order valence-corrected chi connectivity index (χ0v) is 12.3. The van der Waals surface area contributed by atoms with Crippen LogP contribution < -0.4 is 5.32 Å². The average molecular weight is 271 g/mol. The molecule has 20 heavy (non-hydrogen) atoms. The number of hydrogen-bond acceptors (Lipinski definition) is 2. The molecule has 2 aliphatic rings. The van der Waals surface area contributed by atoms with Crippen molar-refractivity contribution in [2.75, 3.05) is 13.1 Å². The second-order valence-electron chi connectivity index (χ2n) is 6.40. The molecule has 1 aliphatic carbocycles. The van der Waals surface area contributed by atoms with Crippen molar-refractivity contribution in [3.63, 3.8) is 0 Å². The predicted molar refractivity (Wildman–Crippen MR) is 82.0 cm³/mol. The van der Waals surface area contributed by atoms with E-state index in [9.17, 15) is 4.79 Å². The predicted octanol–water partition coefficient (Wildman–Crippen LogP) is 3.07. The van der Waals surface area contributed by atoms with Gasteiger partial charge in [-0.3, -0.25) is 4.79 Å². The molecule has 0 unspecified atom stereocenters. The summed E-state index contributed by atoms with van der Waals surface area (Å²) in [6.07, 6.45) is 8.68. The maximum atomic E-state index is 12.1. The Labute approximate surface area is 122 Å². The van der Waals surface area contributed by atoms with Gasteiger partial charge in [-0.1, -0.05) is 18.2 Å². The van der Waals surface area contributed by atoms with Gasteiger partial charge in [0, 0.05) is 12.8 Å². The first-order chi connectivity index (χ1) is 9.81. The summed E-state index contributed by atoms with van der Waals surface area (Å²) in [5.74, 6) is 1.18. The highest BCUT2D eigenvalue weighted by atomic mass is 16.1. The van der Waals surface area contributed by atoms with Gasteiger partial charge in [-0.15, -0.1) is 0 Å². The maximum absolute atomic E-state index is 12.1. The molecule has 1 heterocycles. The molecule has 1 fully saturated rings. The van der Waals surface area contributed by atoms with Crippen molar-refractivity contribution in [1.82, 2.24) is 5.32 Å². The minimum Gasteiger partial charge on any atom is -0.317 e. The van der Waals surface area contributed by atoms with E-state index in [4.69, 9.17) is 0 Å². The summed E-state index contributed by atoms with van der Waals surface area (Å²) in [4.78, 5) is 12.1. The van der Waals surface area contributed by atoms with Crippen LogP contribution in [0, 0.1) is 5.92 Å². The molecule has 1 aliphatic heterocycles. The van der Waals surface area contributed by atoms with Gasteiger partial charge < -0.3 is 5.32 Å². The zero-order valence-electron chi connectivity index (χ0n) is 12.3. The van der Waals surface area contributed by atoms with E-state index < -0.39 is 0 Å². The largest absolute Gasteiger partial charge is 0.317 e. The van der Waals surface area contributed by atoms with Crippen molar-refractivity contribution in [3.8, 4) is 0 Å². The number of carbonyl (C=O) groups excluding carboxylic acids is 1. The Morgan fingerprint density at radius 2 is 1.95 bits per heavy atom. The van der Waals surface area contributed by atoms with Crippen molar-refractivity contribution >= 4 is 5.78 Å². The van der Waals surface area contributed by atoms with Crippen LogP contribution in [0.3, 0.4) is 0 Å². The van der Waals surface area contributed by atoms with E-state index in [0.717, 1.165) is 31.8 Å². The Hall–Kier alpha value is -1.15. The van der Waals surface area contributed by atoms with Crippen molar-refractivity contribution in [3.05, 3.63) is 34.9 Å². The second kappa shape index (κ2) is 6.53. The number of fused-ring (bicyclic) bond motifs is 1. The SMILES string of the molecule is O=C(CCC1CCNCC1)Cc1ccc2c(c1)CCC2. The van der Waals surface area contributed by atoms with Crippen molar-refractivity contribution in [1.29, 1.82) is 0 Å². The molecule has 0 radical (unpaired) electrons. The molecule has 3 rings (SSSR count). The van der Waals surface area contributed by atoms with E-state index in [-0.39, 0.29) is 0 Å². The highest BCUT2D eigenvalue weighted by molar-refractivity contribution is 5.80. The van der Waals surface area contributed by atoms with Gasteiger partial charge in [0.25, 0.3) is 0 Å². The fourth-order valence-corrected chi connectivity index (χ4v) is 3.59. The van der Waals surface area contributed by atoms with E-state index in [1.165, 1.54) is 48.8 Å². The molecule has 0 bridgehead atoms. The van der Waals surface area contributed by atoms with E-state index in [1.54, 1.807) is 0 Å².